The van der Waals surface area contributed by atoms with Gasteiger partial charge in [0.1, 0.15) is 12.3 Å². The third kappa shape index (κ3) is 6.10. The van der Waals surface area contributed by atoms with E-state index < -0.39 is 21.5 Å². The van der Waals surface area contributed by atoms with Crippen molar-refractivity contribution in [1.82, 2.24) is 14.8 Å². The first-order valence-electron chi connectivity index (χ1n) is 11.8. The molecule has 0 saturated carbocycles. The highest BCUT2D eigenvalue weighted by atomic mass is 32.2. The monoisotopic (exact) mass is 497 g/mol. The molecule has 1 aromatic heterocycles. The van der Waals surface area contributed by atoms with Crippen LogP contribution in [0, 0.1) is 0 Å². The third-order valence-electron chi connectivity index (χ3n) is 6.06. The molecule has 35 heavy (non-hydrogen) atoms. The molecule has 0 bridgehead atoms. The van der Waals surface area contributed by atoms with Crippen LogP contribution in [0.25, 0.3) is 10.9 Å². The second kappa shape index (κ2) is 10.6. The summed E-state index contributed by atoms with van der Waals surface area (Å²) in [5.74, 6) is -1.30. The summed E-state index contributed by atoms with van der Waals surface area (Å²) in [6, 6.07) is 16.7. The van der Waals surface area contributed by atoms with Crippen molar-refractivity contribution in [2.24, 2.45) is 0 Å². The fourth-order valence-electron chi connectivity index (χ4n) is 4.51. The van der Waals surface area contributed by atoms with Gasteiger partial charge in [0.15, 0.2) is 9.84 Å². The number of hydrogen-bond donors (Lipinski definition) is 1. The lowest BCUT2D eigenvalue weighted by Crippen LogP contribution is -2.49. The molecular weight excluding hydrogens is 466 g/mol. The minimum atomic E-state index is -3.92. The van der Waals surface area contributed by atoms with Crippen molar-refractivity contribution in [3.8, 4) is 0 Å². The molecule has 1 fully saturated rings. The van der Waals surface area contributed by atoms with Crippen LogP contribution >= 0.6 is 0 Å². The molecule has 2 heterocycles. The Kier molecular flexibility index (Phi) is 7.57. The summed E-state index contributed by atoms with van der Waals surface area (Å²) >= 11 is 0. The average Bonchev–Trinajstić information content (AvgIpc) is 3.18. The van der Waals surface area contributed by atoms with Gasteiger partial charge in [-0.3, -0.25) is 9.59 Å². The van der Waals surface area contributed by atoms with Gasteiger partial charge in [0.05, 0.1) is 17.1 Å². The van der Waals surface area contributed by atoms with Crippen LogP contribution in [-0.4, -0.2) is 67.3 Å². The number of ether oxygens (including phenoxy) is 1. The van der Waals surface area contributed by atoms with Crippen molar-refractivity contribution in [3.05, 3.63) is 66.4 Å². The first kappa shape index (κ1) is 24.9. The lowest BCUT2D eigenvalue weighted by atomic mass is 10.1. The Bertz CT molecular complexity index is 1290. The maximum Gasteiger partial charge on any atom is 0.242 e. The van der Waals surface area contributed by atoms with Crippen LogP contribution in [0.4, 0.5) is 0 Å². The molecule has 3 aromatic rings. The first-order valence-corrected chi connectivity index (χ1v) is 13.4. The smallest absolute Gasteiger partial charge is 0.242 e. The largest absolute Gasteiger partial charge is 0.372 e. The predicted octanol–water partition coefficient (Wildman–Crippen LogP) is 2.41. The minimum Gasteiger partial charge on any atom is -0.372 e. The fraction of sp³-hybridized carbons (Fsp3) is 0.385. The van der Waals surface area contributed by atoms with Gasteiger partial charge in [-0.2, -0.15) is 0 Å². The Morgan fingerprint density at radius 3 is 2.37 bits per heavy atom. The average molecular weight is 498 g/mol. The molecule has 0 spiro atoms. The number of aromatic nitrogens is 1. The van der Waals surface area contributed by atoms with E-state index in [1.54, 1.807) is 33.7 Å². The molecular formula is C26H31N3O5S. The lowest BCUT2D eigenvalue weighted by Gasteiger charge is -2.35. The zero-order valence-electron chi connectivity index (χ0n) is 20.0. The Morgan fingerprint density at radius 2 is 1.66 bits per heavy atom. The van der Waals surface area contributed by atoms with Gasteiger partial charge in [-0.15, -0.1) is 0 Å². The summed E-state index contributed by atoms with van der Waals surface area (Å²) in [5.41, 5.74) is 1.70. The maximum atomic E-state index is 13.2. The van der Waals surface area contributed by atoms with Crippen LogP contribution in [0.3, 0.4) is 0 Å². The number of nitrogens with one attached hydrogen (secondary N) is 1. The molecule has 1 N–H and O–H groups in total. The minimum absolute atomic E-state index is 0.0126. The van der Waals surface area contributed by atoms with Gasteiger partial charge < -0.3 is 19.5 Å². The van der Waals surface area contributed by atoms with E-state index in [9.17, 15) is 18.0 Å². The van der Waals surface area contributed by atoms with Crippen LogP contribution in [0.2, 0.25) is 0 Å². The van der Waals surface area contributed by atoms with Gasteiger partial charge in [-0.1, -0.05) is 48.5 Å². The molecule has 4 rings (SSSR count). The summed E-state index contributed by atoms with van der Waals surface area (Å²) in [4.78, 5) is 27.3. The molecule has 186 valence electrons. The predicted molar refractivity (Wildman–Crippen MR) is 134 cm³/mol. The van der Waals surface area contributed by atoms with Crippen molar-refractivity contribution in [2.75, 3.05) is 25.4 Å². The second-order valence-electron chi connectivity index (χ2n) is 9.04. The Labute approximate surface area is 205 Å². The molecule has 0 unspecified atom stereocenters. The van der Waals surface area contributed by atoms with Gasteiger partial charge in [-0.05, 0) is 31.9 Å². The number of para-hydroxylation sites is 1. The number of sulfone groups is 1. The van der Waals surface area contributed by atoms with Gasteiger partial charge in [-0.25, -0.2) is 8.42 Å². The number of carbonyl (C=O) groups is 2. The van der Waals surface area contributed by atoms with Crippen molar-refractivity contribution in [1.29, 1.82) is 0 Å². The number of rotatable bonds is 8. The zero-order valence-corrected chi connectivity index (χ0v) is 20.8. The standard InChI is InChI=1S/C26H31N3O5S/c1-19-14-29(15-20(2)34-19)26(31)17-28-16-24(22-10-6-7-11-23(22)28)35(32,33)18-25(30)27-13-12-21-8-4-3-5-9-21/h3-11,16,19-20H,12-15,17-18H2,1-2H3,(H,27,30)/t19-,20+. The van der Waals surface area contributed by atoms with E-state index in [-0.39, 0.29) is 29.6 Å². The van der Waals surface area contributed by atoms with Crippen molar-refractivity contribution in [3.63, 3.8) is 0 Å². The van der Waals surface area contributed by atoms with Crippen LogP contribution in [0.1, 0.15) is 19.4 Å². The number of carbonyl (C=O) groups excluding carboxylic acids is 2. The normalized spacial score (nSPS) is 18.5. The highest BCUT2D eigenvalue weighted by Gasteiger charge is 2.28. The molecule has 2 amide bonds. The van der Waals surface area contributed by atoms with E-state index in [4.69, 9.17) is 4.74 Å². The fourth-order valence-corrected chi connectivity index (χ4v) is 5.91. The quantitative estimate of drug-likeness (QED) is 0.516. The molecule has 8 nitrogen and oxygen atoms in total. The summed E-state index contributed by atoms with van der Waals surface area (Å²) in [6.07, 6.45) is 1.98. The number of hydrogen-bond acceptors (Lipinski definition) is 5. The third-order valence-corrected chi connectivity index (χ3v) is 7.70. The number of morpholine rings is 1. The van der Waals surface area contributed by atoms with Gasteiger partial charge in [0.25, 0.3) is 0 Å². The van der Waals surface area contributed by atoms with Gasteiger partial charge in [0.2, 0.25) is 11.8 Å². The number of fused-ring (bicyclic) bond motifs is 1. The summed E-state index contributed by atoms with van der Waals surface area (Å²) in [6.45, 7) is 5.21. The van der Waals surface area contributed by atoms with E-state index >= 15 is 0 Å². The number of amides is 2. The molecule has 0 radical (unpaired) electrons. The van der Waals surface area contributed by atoms with E-state index in [0.717, 1.165) is 5.56 Å². The van der Waals surface area contributed by atoms with E-state index in [1.165, 1.54) is 6.20 Å². The molecule has 1 saturated heterocycles. The molecule has 1 aliphatic heterocycles. The maximum absolute atomic E-state index is 13.2. The molecule has 1 aliphatic rings. The molecule has 2 atom stereocenters. The van der Waals surface area contributed by atoms with Crippen LogP contribution in [0.15, 0.2) is 65.7 Å². The van der Waals surface area contributed by atoms with Crippen molar-refractivity contribution < 1.29 is 22.7 Å². The molecule has 0 aliphatic carbocycles. The van der Waals surface area contributed by atoms with Crippen molar-refractivity contribution in [2.45, 2.75) is 43.9 Å². The first-order chi connectivity index (χ1) is 16.7. The Hall–Kier alpha value is -3.17. The van der Waals surface area contributed by atoms with E-state index in [0.29, 0.717) is 37.0 Å². The van der Waals surface area contributed by atoms with Crippen LogP contribution < -0.4 is 5.32 Å². The topological polar surface area (TPSA) is 97.7 Å². The van der Waals surface area contributed by atoms with E-state index in [1.807, 2.05) is 44.2 Å². The molecule has 2 aromatic carbocycles. The Balaban J connectivity index is 1.47. The number of benzene rings is 2. The summed E-state index contributed by atoms with van der Waals surface area (Å²) < 4.78 is 33.7. The van der Waals surface area contributed by atoms with Crippen molar-refractivity contribution >= 4 is 32.6 Å². The van der Waals surface area contributed by atoms with Crippen LogP contribution in [-0.2, 0) is 37.1 Å². The SMILES string of the molecule is C[C@@H]1CN(C(=O)Cn2cc(S(=O)(=O)CC(=O)NCCc3ccccc3)c3ccccc32)C[C@H](C)O1. The van der Waals surface area contributed by atoms with Gasteiger partial charge in [0, 0.05) is 36.7 Å². The zero-order chi connectivity index (χ0) is 25.0. The highest BCUT2D eigenvalue weighted by Crippen LogP contribution is 2.27. The number of nitrogens with zero attached hydrogens (tertiary/aromatic N) is 2. The lowest BCUT2D eigenvalue weighted by molar-refractivity contribution is -0.143. The van der Waals surface area contributed by atoms with E-state index in [2.05, 4.69) is 5.32 Å². The highest BCUT2D eigenvalue weighted by molar-refractivity contribution is 7.92. The Morgan fingerprint density at radius 1 is 1.00 bits per heavy atom. The van der Waals surface area contributed by atoms with Crippen LogP contribution in [0.5, 0.6) is 0 Å². The second-order valence-corrected chi connectivity index (χ2v) is 11.0. The summed E-state index contributed by atoms with van der Waals surface area (Å²) in [7, 11) is -3.92. The van der Waals surface area contributed by atoms with Gasteiger partial charge >= 0.3 is 0 Å². The molecule has 9 heteroatoms. The summed E-state index contributed by atoms with van der Waals surface area (Å²) in [5, 5.41) is 3.20.